The summed E-state index contributed by atoms with van der Waals surface area (Å²) in [5.41, 5.74) is 5.62. The molecule has 164 valence electrons. The maximum atomic E-state index is 12.8. The standard InChI is InChI=1S/C25H31N3O3/c1-7-31-23-10-17(4)20(11-21(23)16(2)3)13-26-25(29)19-8-9-22(24(12-19)30-6)28-14-18(5)27-15-28/h8-12,14-16H,7,13H2,1-6H3,(H,26,29). The molecule has 0 fully saturated rings. The first kappa shape index (κ1) is 22.4. The largest absolute Gasteiger partial charge is 0.495 e. The number of carbonyl (C=O) groups excluding carboxylic acids is 1. The van der Waals surface area contributed by atoms with Gasteiger partial charge in [0.05, 0.1) is 31.4 Å². The smallest absolute Gasteiger partial charge is 0.251 e. The third-order valence-electron chi connectivity index (χ3n) is 5.26. The van der Waals surface area contributed by atoms with Crippen molar-refractivity contribution in [2.45, 2.75) is 47.1 Å². The molecule has 0 unspecified atom stereocenters. The van der Waals surface area contributed by atoms with Gasteiger partial charge in [0, 0.05) is 18.3 Å². The van der Waals surface area contributed by atoms with Crippen molar-refractivity contribution in [1.29, 1.82) is 0 Å². The van der Waals surface area contributed by atoms with E-state index in [1.807, 2.05) is 37.6 Å². The van der Waals surface area contributed by atoms with E-state index in [4.69, 9.17) is 9.47 Å². The monoisotopic (exact) mass is 421 g/mol. The number of rotatable bonds is 8. The molecule has 1 N–H and O–H groups in total. The summed E-state index contributed by atoms with van der Waals surface area (Å²) >= 11 is 0. The molecule has 0 atom stereocenters. The Morgan fingerprint density at radius 3 is 2.55 bits per heavy atom. The molecule has 0 spiro atoms. The van der Waals surface area contributed by atoms with Gasteiger partial charge in [-0.2, -0.15) is 0 Å². The normalized spacial score (nSPS) is 10.9. The molecule has 0 aliphatic heterocycles. The van der Waals surface area contributed by atoms with Gasteiger partial charge in [-0.25, -0.2) is 4.98 Å². The lowest BCUT2D eigenvalue weighted by Crippen LogP contribution is -2.23. The van der Waals surface area contributed by atoms with Crippen LogP contribution >= 0.6 is 0 Å². The van der Waals surface area contributed by atoms with Crippen LogP contribution in [0.5, 0.6) is 11.5 Å². The predicted molar refractivity (Wildman–Crippen MR) is 122 cm³/mol. The van der Waals surface area contributed by atoms with Crippen LogP contribution in [-0.2, 0) is 6.54 Å². The predicted octanol–water partition coefficient (Wildman–Crippen LogP) is 4.95. The van der Waals surface area contributed by atoms with Crippen molar-refractivity contribution >= 4 is 5.91 Å². The van der Waals surface area contributed by atoms with Gasteiger partial charge in [0.2, 0.25) is 0 Å². The Hall–Kier alpha value is -3.28. The van der Waals surface area contributed by atoms with Gasteiger partial charge in [-0.05, 0) is 73.7 Å². The average Bonchev–Trinajstić information content (AvgIpc) is 3.18. The second-order valence-corrected chi connectivity index (χ2v) is 7.90. The van der Waals surface area contributed by atoms with Gasteiger partial charge in [0.1, 0.15) is 11.5 Å². The SMILES string of the molecule is CCOc1cc(C)c(CNC(=O)c2ccc(-n3cnc(C)c3)c(OC)c2)cc1C(C)C. The van der Waals surface area contributed by atoms with Crippen LogP contribution in [0.2, 0.25) is 0 Å². The molecule has 3 aromatic rings. The second-order valence-electron chi connectivity index (χ2n) is 7.90. The lowest BCUT2D eigenvalue weighted by molar-refractivity contribution is 0.0950. The highest BCUT2D eigenvalue weighted by Crippen LogP contribution is 2.30. The van der Waals surface area contributed by atoms with Crippen molar-refractivity contribution in [3.8, 4) is 17.2 Å². The van der Waals surface area contributed by atoms with Crippen LogP contribution in [0.25, 0.3) is 5.69 Å². The van der Waals surface area contributed by atoms with Gasteiger partial charge in [-0.15, -0.1) is 0 Å². The first-order chi connectivity index (χ1) is 14.8. The fraction of sp³-hybridized carbons (Fsp3) is 0.360. The van der Waals surface area contributed by atoms with Crippen LogP contribution in [0.4, 0.5) is 0 Å². The topological polar surface area (TPSA) is 65.4 Å². The van der Waals surface area contributed by atoms with Gasteiger partial charge in [-0.3, -0.25) is 4.79 Å². The van der Waals surface area contributed by atoms with E-state index in [0.717, 1.165) is 33.8 Å². The van der Waals surface area contributed by atoms with Crippen molar-refractivity contribution in [1.82, 2.24) is 14.9 Å². The van der Waals surface area contributed by atoms with Crippen LogP contribution in [0.15, 0.2) is 42.9 Å². The molecule has 0 saturated heterocycles. The Morgan fingerprint density at radius 2 is 1.94 bits per heavy atom. The highest BCUT2D eigenvalue weighted by atomic mass is 16.5. The Labute approximate surface area is 184 Å². The number of benzene rings is 2. The number of hydrogen-bond donors (Lipinski definition) is 1. The summed E-state index contributed by atoms with van der Waals surface area (Å²) in [6, 6.07) is 9.62. The minimum absolute atomic E-state index is 0.147. The lowest BCUT2D eigenvalue weighted by atomic mass is 9.96. The zero-order chi connectivity index (χ0) is 22.5. The van der Waals surface area contributed by atoms with Gasteiger partial charge >= 0.3 is 0 Å². The van der Waals surface area contributed by atoms with Gasteiger partial charge in [0.15, 0.2) is 0 Å². The molecule has 0 aliphatic carbocycles. The van der Waals surface area contributed by atoms with E-state index in [2.05, 4.69) is 36.3 Å². The molecule has 2 aromatic carbocycles. The highest BCUT2D eigenvalue weighted by Gasteiger charge is 2.15. The number of nitrogens with one attached hydrogen (secondary N) is 1. The average molecular weight is 422 g/mol. The number of carbonyl (C=O) groups is 1. The number of aromatic nitrogens is 2. The fourth-order valence-corrected chi connectivity index (χ4v) is 3.53. The van der Waals surface area contributed by atoms with E-state index in [1.54, 1.807) is 25.6 Å². The maximum absolute atomic E-state index is 12.8. The van der Waals surface area contributed by atoms with Crippen molar-refractivity contribution in [2.75, 3.05) is 13.7 Å². The van der Waals surface area contributed by atoms with Gasteiger partial charge in [-0.1, -0.05) is 13.8 Å². The van der Waals surface area contributed by atoms with E-state index in [0.29, 0.717) is 30.4 Å². The van der Waals surface area contributed by atoms with Crippen molar-refractivity contribution in [2.24, 2.45) is 0 Å². The summed E-state index contributed by atoms with van der Waals surface area (Å²) in [6.45, 7) is 11.3. The number of aryl methyl sites for hydroxylation is 2. The zero-order valence-electron chi connectivity index (χ0n) is 19.2. The maximum Gasteiger partial charge on any atom is 0.251 e. The van der Waals surface area contributed by atoms with Crippen LogP contribution in [0.3, 0.4) is 0 Å². The van der Waals surface area contributed by atoms with E-state index >= 15 is 0 Å². The zero-order valence-corrected chi connectivity index (χ0v) is 19.2. The molecule has 1 aromatic heterocycles. The molecule has 1 amide bonds. The van der Waals surface area contributed by atoms with E-state index in [1.165, 1.54) is 0 Å². The van der Waals surface area contributed by atoms with Gasteiger partial charge in [0.25, 0.3) is 5.91 Å². The Kier molecular flexibility index (Phi) is 7.00. The summed E-state index contributed by atoms with van der Waals surface area (Å²) in [4.78, 5) is 17.1. The van der Waals surface area contributed by atoms with Crippen LogP contribution in [0.1, 0.15) is 59.4 Å². The Bertz CT molecular complexity index is 1070. The molecular weight excluding hydrogens is 390 g/mol. The molecule has 0 saturated carbocycles. The molecule has 3 rings (SSSR count). The Morgan fingerprint density at radius 1 is 1.16 bits per heavy atom. The van der Waals surface area contributed by atoms with Crippen molar-refractivity contribution in [3.05, 3.63) is 70.8 Å². The van der Waals surface area contributed by atoms with Crippen LogP contribution in [0, 0.1) is 13.8 Å². The number of hydrogen-bond acceptors (Lipinski definition) is 4. The number of nitrogens with zero attached hydrogens (tertiary/aromatic N) is 2. The summed E-state index contributed by atoms with van der Waals surface area (Å²) < 4.78 is 13.2. The number of amides is 1. The molecule has 6 nitrogen and oxygen atoms in total. The van der Waals surface area contributed by atoms with Crippen molar-refractivity contribution < 1.29 is 14.3 Å². The molecule has 0 aliphatic rings. The summed E-state index contributed by atoms with van der Waals surface area (Å²) in [6.07, 6.45) is 3.65. The summed E-state index contributed by atoms with van der Waals surface area (Å²) in [5, 5.41) is 3.03. The quantitative estimate of drug-likeness (QED) is 0.559. The van der Waals surface area contributed by atoms with Gasteiger partial charge < -0.3 is 19.4 Å². The lowest BCUT2D eigenvalue weighted by Gasteiger charge is -2.17. The summed E-state index contributed by atoms with van der Waals surface area (Å²) in [7, 11) is 1.60. The first-order valence-corrected chi connectivity index (χ1v) is 10.6. The number of ether oxygens (including phenoxy) is 2. The molecule has 1 heterocycles. The minimum atomic E-state index is -0.147. The first-order valence-electron chi connectivity index (χ1n) is 10.6. The number of methoxy groups -OCH3 is 1. The molecule has 0 radical (unpaired) electrons. The second kappa shape index (κ2) is 9.69. The van der Waals surface area contributed by atoms with Crippen LogP contribution < -0.4 is 14.8 Å². The molecule has 6 heteroatoms. The van der Waals surface area contributed by atoms with E-state index in [9.17, 15) is 4.79 Å². The third-order valence-corrected chi connectivity index (χ3v) is 5.26. The Balaban J connectivity index is 1.78. The summed E-state index contributed by atoms with van der Waals surface area (Å²) in [5.74, 6) is 1.72. The molecule has 0 bridgehead atoms. The van der Waals surface area contributed by atoms with Crippen LogP contribution in [-0.4, -0.2) is 29.2 Å². The fourth-order valence-electron chi connectivity index (χ4n) is 3.53. The minimum Gasteiger partial charge on any atom is -0.495 e. The number of imidazole rings is 1. The van der Waals surface area contributed by atoms with E-state index in [-0.39, 0.29) is 5.91 Å². The molecule has 31 heavy (non-hydrogen) atoms. The van der Waals surface area contributed by atoms with Crippen molar-refractivity contribution in [3.63, 3.8) is 0 Å². The third kappa shape index (κ3) is 5.08. The molecular formula is C25H31N3O3. The van der Waals surface area contributed by atoms with E-state index < -0.39 is 0 Å². The highest BCUT2D eigenvalue weighted by molar-refractivity contribution is 5.95.